The molecule has 114 valence electrons. The van der Waals surface area contributed by atoms with Gasteiger partial charge in [0, 0.05) is 19.2 Å². The molecule has 6 heteroatoms. The van der Waals surface area contributed by atoms with Crippen LogP contribution in [-0.2, 0) is 4.74 Å². The van der Waals surface area contributed by atoms with Gasteiger partial charge >= 0.3 is 6.18 Å². The fourth-order valence-electron chi connectivity index (χ4n) is 2.49. The van der Waals surface area contributed by atoms with Gasteiger partial charge in [-0.15, -0.1) is 0 Å². The molecule has 0 aliphatic carbocycles. The van der Waals surface area contributed by atoms with Gasteiger partial charge in [0.25, 0.3) is 0 Å². The molecule has 0 unspecified atom stereocenters. The summed E-state index contributed by atoms with van der Waals surface area (Å²) in [6, 6.07) is 0.573. The summed E-state index contributed by atoms with van der Waals surface area (Å²) in [6.07, 6.45) is -0.210. The van der Waals surface area contributed by atoms with Crippen LogP contribution in [0.3, 0.4) is 0 Å². The van der Waals surface area contributed by atoms with Crippen LogP contribution >= 0.6 is 0 Å². The minimum Gasteiger partial charge on any atom is -0.372 e. The Hall–Kier alpha value is -0.330. The van der Waals surface area contributed by atoms with E-state index in [2.05, 4.69) is 21.9 Å². The van der Waals surface area contributed by atoms with E-state index in [9.17, 15) is 13.2 Å². The number of piperidine rings is 1. The molecule has 0 saturated carbocycles. The lowest BCUT2D eigenvalue weighted by atomic mass is 10.0. The minimum absolute atomic E-state index is 0.185. The third-order valence-corrected chi connectivity index (χ3v) is 3.34. The van der Waals surface area contributed by atoms with E-state index in [1.54, 1.807) is 0 Å². The number of nitrogens with zero attached hydrogens (tertiary/aromatic N) is 1. The fraction of sp³-hybridized carbons (Fsp3) is 1.00. The van der Waals surface area contributed by atoms with Gasteiger partial charge in [-0.1, -0.05) is 6.92 Å². The van der Waals surface area contributed by atoms with Crippen LogP contribution in [0.25, 0.3) is 0 Å². The number of halogens is 3. The van der Waals surface area contributed by atoms with Crippen molar-refractivity contribution in [2.45, 2.75) is 44.8 Å². The van der Waals surface area contributed by atoms with Crippen LogP contribution in [0.1, 0.15) is 32.6 Å². The molecular formula is C13H25F3N2O. The van der Waals surface area contributed by atoms with E-state index in [0.29, 0.717) is 12.5 Å². The van der Waals surface area contributed by atoms with Crippen molar-refractivity contribution in [2.75, 3.05) is 39.4 Å². The lowest BCUT2D eigenvalue weighted by Crippen LogP contribution is -2.44. The molecule has 1 aliphatic rings. The van der Waals surface area contributed by atoms with Crippen LogP contribution in [-0.4, -0.2) is 56.5 Å². The standard InChI is InChI=1S/C13H25F3N2O/c1-2-8-18(12-4-6-17-7-5-12)9-3-10-19-11-13(14,15)16/h12,17H,2-11H2,1H3. The second-order valence-corrected chi connectivity index (χ2v) is 5.04. The van der Waals surface area contributed by atoms with Crippen LogP contribution in [0.4, 0.5) is 13.2 Å². The Morgan fingerprint density at radius 2 is 1.89 bits per heavy atom. The number of ether oxygens (including phenoxy) is 1. The number of alkyl halides is 3. The van der Waals surface area contributed by atoms with Crippen molar-refractivity contribution in [1.82, 2.24) is 10.2 Å². The van der Waals surface area contributed by atoms with Gasteiger partial charge in [0.1, 0.15) is 6.61 Å². The van der Waals surface area contributed by atoms with Crippen LogP contribution in [0.5, 0.6) is 0 Å². The summed E-state index contributed by atoms with van der Waals surface area (Å²) < 4.78 is 40.4. The van der Waals surface area contributed by atoms with Gasteiger partial charge < -0.3 is 15.0 Å². The molecule has 1 N–H and O–H groups in total. The molecule has 0 aromatic carbocycles. The molecule has 0 aromatic rings. The zero-order valence-electron chi connectivity index (χ0n) is 11.6. The van der Waals surface area contributed by atoms with Gasteiger partial charge in [0.05, 0.1) is 0 Å². The summed E-state index contributed by atoms with van der Waals surface area (Å²) in [4.78, 5) is 2.40. The summed E-state index contributed by atoms with van der Waals surface area (Å²) in [5.74, 6) is 0. The molecule has 0 radical (unpaired) electrons. The highest BCUT2D eigenvalue weighted by Gasteiger charge is 2.27. The molecule has 1 aliphatic heterocycles. The number of hydrogen-bond donors (Lipinski definition) is 1. The van der Waals surface area contributed by atoms with E-state index < -0.39 is 12.8 Å². The van der Waals surface area contributed by atoms with Crippen molar-refractivity contribution in [3.8, 4) is 0 Å². The van der Waals surface area contributed by atoms with Crippen LogP contribution in [0, 0.1) is 0 Å². The normalized spacial score (nSPS) is 18.2. The quantitative estimate of drug-likeness (QED) is 0.692. The third kappa shape index (κ3) is 7.74. The van der Waals surface area contributed by atoms with Crippen molar-refractivity contribution >= 4 is 0 Å². The molecule has 1 heterocycles. The smallest absolute Gasteiger partial charge is 0.372 e. The molecule has 0 amide bonds. The summed E-state index contributed by atoms with van der Waals surface area (Å²) in [5.41, 5.74) is 0. The van der Waals surface area contributed by atoms with Crippen molar-refractivity contribution < 1.29 is 17.9 Å². The third-order valence-electron chi connectivity index (χ3n) is 3.34. The summed E-state index contributed by atoms with van der Waals surface area (Å²) in [6.45, 7) is 5.11. The molecule has 1 saturated heterocycles. The first kappa shape index (κ1) is 16.7. The summed E-state index contributed by atoms with van der Waals surface area (Å²) in [5, 5.41) is 3.33. The first-order chi connectivity index (χ1) is 9.03. The average Bonchev–Trinajstić information content (AvgIpc) is 2.37. The Balaban J connectivity index is 2.18. The Morgan fingerprint density at radius 1 is 1.21 bits per heavy atom. The van der Waals surface area contributed by atoms with Crippen LogP contribution in [0.2, 0.25) is 0 Å². The molecule has 1 rings (SSSR count). The summed E-state index contributed by atoms with van der Waals surface area (Å²) in [7, 11) is 0. The first-order valence-electron chi connectivity index (χ1n) is 7.12. The van der Waals surface area contributed by atoms with E-state index in [1.807, 2.05) is 0 Å². The Kier molecular flexibility index (Phi) is 7.71. The van der Waals surface area contributed by atoms with E-state index in [1.165, 1.54) is 0 Å². The predicted octanol–water partition coefficient (Wildman–Crippen LogP) is 2.42. The molecule has 1 fully saturated rings. The van der Waals surface area contributed by atoms with Crippen LogP contribution < -0.4 is 5.32 Å². The van der Waals surface area contributed by atoms with E-state index in [0.717, 1.165) is 45.4 Å². The molecule has 19 heavy (non-hydrogen) atoms. The average molecular weight is 282 g/mol. The van der Waals surface area contributed by atoms with Gasteiger partial charge in [-0.3, -0.25) is 0 Å². The molecule has 0 bridgehead atoms. The van der Waals surface area contributed by atoms with Crippen molar-refractivity contribution in [3.05, 3.63) is 0 Å². The van der Waals surface area contributed by atoms with Gasteiger partial charge in [0.2, 0.25) is 0 Å². The maximum absolute atomic E-state index is 11.9. The predicted molar refractivity (Wildman–Crippen MR) is 69.2 cm³/mol. The Bertz CT molecular complexity index is 230. The molecule has 0 aromatic heterocycles. The minimum atomic E-state index is -4.21. The Morgan fingerprint density at radius 3 is 2.47 bits per heavy atom. The highest BCUT2D eigenvalue weighted by molar-refractivity contribution is 4.77. The summed E-state index contributed by atoms with van der Waals surface area (Å²) >= 11 is 0. The van der Waals surface area contributed by atoms with E-state index >= 15 is 0 Å². The fourth-order valence-corrected chi connectivity index (χ4v) is 2.49. The number of hydrogen-bond acceptors (Lipinski definition) is 3. The number of rotatable bonds is 8. The largest absolute Gasteiger partial charge is 0.411 e. The molecule has 0 spiro atoms. The Labute approximate surface area is 113 Å². The van der Waals surface area contributed by atoms with Gasteiger partial charge in [0.15, 0.2) is 0 Å². The zero-order chi connectivity index (χ0) is 14.1. The monoisotopic (exact) mass is 282 g/mol. The van der Waals surface area contributed by atoms with Gasteiger partial charge in [-0.05, 0) is 45.3 Å². The zero-order valence-corrected chi connectivity index (χ0v) is 11.6. The van der Waals surface area contributed by atoms with Crippen molar-refractivity contribution in [1.29, 1.82) is 0 Å². The second-order valence-electron chi connectivity index (χ2n) is 5.04. The highest BCUT2D eigenvalue weighted by atomic mass is 19.4. The second kappa shape index (κ2) is 8.76. The molecular weight excluding hydrogens is 257 g/mol. The van der Waals surface area contributed by atoms with E-state index in [-0.39, 0.29) is 6.61 Å². The molecule has 0 atom stereocenters. The SMILES string of the molecule is CCCN(CCCOCC(F)(F)F)C1CCNCC1. The topological polar surface area (TPSA) is 24.5 Å². The van der Waals surface area contributed by atoms with Gasteiger partial charge in [-0.2, -0.15) is 13.2 Å². The maximum atomic E-state index is 11.9. The van der Waals surface area contributed by atoms with Crippen molar-refractivity contribution in [2.24, 2.45) is 0 Å². The van der Waals surface area contributed by atoms with Crippen molar-refractivity contribution in [3.63, 3.8) is 0 Å². The lowest BCUT2D eigenvalue weighted by Gasteiger charge is -2.34. The van der Waals surface area contributed by atoms with E-state index in [4.69, 9.17) is 0 Å². The van der Waals surface area contributed by atoms with Crippen LogP contribution in [0.15, 0.2) is 0 Å². The maximum Gasteiger partial charge on any atom is 0.411 e. The first-order valence-corrected chi connectivity index (χ1v) is 7.12. The van der Waals surface area contributed by atoms with Gasteiger partial charge in [-0.25, -0.2) is 0 Å². The highest BCUT2D eigenvalue weighted by Crippen LogP contribution is 2.15. The molecule has 3 nitrogen and oxygen atoms in total. The number of nitrogens with one attached hydrogen (secondary N) is 1. The lowest BCUT2D eigenvalue weighted by molar-refractivity contribution is -0.174.